The Labute approximate surface area is 122 Å². The number of benzene rings is 1. The van der Waals surface area contributed by atoms with Gasteiger partial charge in [0.2, 0.25) is 5.91 Å². The number of nitriles is 1. The summed E-state index contributed by atoms with van der Waals surface area (Å²) in [6, 6.07) is 7.16. The Morgan fingerprint density at radius 1 is 1.37 bits per heavy atom. The highest BCUT2D eigenvalue weighted by Crippen LogP contribution is 2.30. The normalized spacial score (nSPS) is 16.2. The van der Waals surface area contributed by atoms with E-state index in [9.17, 15) is 10.1 Å². The Hall–Kier alpha value is -1.24. The first kappa shape index (κ1) is 14.2. The van der Waals surface area contributed by atoms with Crippen molar-refractivity contribution in [2.24, 2.45) is 0 Å². The molecule has 1 aliphatic heterocycles. The third-order valence-electron chi connectivity index (χ3n) is 3.33. The fraction of sp³-hybridized carbons (Fsp3) is 0.429. The Bertz CT molecular complexity index is 519. The van der Waals surface area contributed by atoms with Crippen LogP contribution in [0.3, 0.4) is 0 Å². The highest BCUT2D eigenvalue weighted by Gasteiger charge is 2.23. The van der Waals surface area contributed by atoms with E-state index in [1.165, 1.54) is 0 Å². The van der Waals surface area contributed by atoms with Crippen molar-refractivity contribution in [1.29, 1.82) is 5.26 Å². The van der Waals surface area contributed by atoms with Crippen LogP contribution in [0.5, 0.6) is 0 Å². The van der Waals surface area contributed by atoms with Crippen molar-refractivity contribution < 1.29 is 4.79 Å². The standard InChI is InChI=1S/C14H14Cl2N2O/c15-11-3-4-12(13(16)8-11)10(9-17)7-14(19)18-5-1-2-6-18/h3-4,8,10H,1-2,5-7H2. The molecule has 1 aromatic rings. The zero-order valence-corrected chi connectivity index (χ0v) is 11.9. The van der Waals surface area contributed by atoms with E-state index in [1.807, 2.05) is 4.90 Å². The van der Waals surface area contributed by atoms with Crippen LogP contribution in [0.15, 0.2) is 18.2 Å². The Kier molecular flexibility index (Phi) is 4.68. The second-order valence-electron chi connectivity index (χ2n) is 4.64. The van der Waals surface area contributed by atoms with Gasteiger partial charge in [-0.15, -0.1) is 0 Å². The van der Waals surface area contributed by atoms with Crippen molar-refractivity contribution in [3.05, 3.63) is 33.8 Å². The molecule has 3 nitrogen and oxygen atoms in total. The van der Waals surface area contributed by atoms with Crippen molar-refractivity contribution in [2.45, 2.75) is 25.2 Å². The van der Waals surface area contributed by atoms with Gasteiger partial charge in [0.15, 0.2) is 0 Å². The summed E-state index contributed by atoms with van der Waals surface area (Å²) >= 11 is 11.9. The summed E-state index contributed by atoms with van der Waals surface area (Å²) in [5.74, 6) is -0.493. The molecule has 1 fully saturated rings. The molecule has 5 heteroatoms. The SMILES string of the molecule is N#CC(CC(=O)N1CCCC1)c1ccc(Cl)cc1Cl. The topological polar surface area (TPSA) is 44.1 Å². The summed E-state index contributed by atoms with van der Waals surface area (Å²) < 4.78 is 0. The van der Waals surface area contributed by atoms with Crippen LogP contribution in [0.2, 0.25) is 10.0 Å². The van der Waals surface area contributed by atoms with E-state index >= 15 is 0 Å². The molecule has 0 radical (unpaired) electrons. The van der Waals surface area contributed by atoms with E-state index in [0.29, 0.717) is 15.6 Å². The summed E-state index contributed by atoms with van der Waals surface area (Å²) in [5, 5.41) is 10.2. The lowest BCUT2D eigenvalue weighted by Gasteiger charge is -2.18. The van der Waals surface area contributed by atoms with Gasteiger partial charge in [-0.1, -0.05) is 29.3 Å². The van der Waals surface area contributed by atoms with E-state index in [4.69, 9.17) is 23.2 Å². The number of nitrogens with zero attached hydrogens (tertiary/aromatic N) is 2. The molecule has 1 aliphatic rings. The molecule has 100 valence electrons. The number of halogens is 2. The minimum Gasteiger partial charge on any atom is -0.343 e. The van der Waals surface area contributed by atoms with E-state index in [2.05, 4.69) is 6.07 Å². The van der Waals surface area contributed by atoms with E-state index < -0.39 is 5.92 Å². The molecule has 19 heavy (non-hydrogen) atoms. The largest absolute Gasteiger partial charge is 0.343 e. The summed E-state index contributed by atoms with van der Waals surface area (Å²) in [7, 11) is 0. The molecule has 0 aliphatic carbocycles. The molecule has 0 bridgehead atoms. The maximum Gasteiger partial charge on any atom is 0.224 e. The minimum absolute atomic E-state index is 0.0232. The summed E-state index contributed by atoms with van der Waals surface area (Å²) in [6.07, 6.45) is 2.27. The van der Waals surface area contributed by atoms with Crippen LogP contribution in [-0.2, 0) is 4.79 Å². The Morgan fingerprint density at radius 3 is 2.63 bits per heavy atom. The molecule has 0 N–H and O–H groups in total. The minimum atomic E-state index is -0.516. The molecule has 1 aromatic carbocycles. The maximum absolute atomic E-state index is 12.1. The van der Waals surface area contributed by atoms with Gasteiger partial charge < -0.3 is 4.90 Å². The van der Waals surface area contributed by atoms with Gasteiger partial charge in [0, 0.05) is 29.6 Å². The molecule has 0 spiro atoms. The average molecular weight is 297 g/mol. The van der Waals surface area contributed by atoms with Crippen molar-refractivity contribution >= 4 is 29.1 Å². The number of carbonyl (C=O) groups excluding carboxylic acids is 1. The molecule has 1 amide bonds. The quantitative estimate of drug-likeness (QED) is 0.855. The molecule has 1 heterocycles. The number of amides is 1. The van der Waals surface area contributed by atoms with Gasteiger partial charge in [0.1, 0.15) is 0 Å². The van der Waals surface area contributed by atoms with E-state index in [0.717, 1.165) is 25.9 Å². The predicted octanol–water partition coefficient (Wildman–Crippen LogP) is 3.61. The van der Waals surface area contributed by atoms with Crippen LogP contribution in [0.4, 0.5) is 0 Å². The Balaban J connectivity index is 2.11. The lowest BCUT2D eigenvalue weighted by molar-refractivity contribution is -0.130. The zero-order chi connectivity index (χ0) is 13.8. The van der Waals surface area contributed by atoms with Gasteiger partial charge >= 0.3 is 0 Å². The summed E-state index contributed by atoms with van der Waals surface area (Å²) in [6.45, 7) is 1.59. The Morgan fingerprint density at radius 2 is 2.05 bits per heavy atom. The lowest BCUT2D eigenvalue weighted by Crippen LogP contribution is -2.28. The maximum atomic E-state index is 12.1. The van der Waals surface area contributed by atoms with Gasteiger partial charge in [-0.05, 0) is 30.5 Å². The van der Waals surface area contributed by atoms with Crippen molar-refractivity contribution in [1.82, 2.24) is 4.90 Å². The van der Waals surface area contributed by atoms with Gasteiger partial charge in [0.25, 0.3) is 0 Å². The first-order valence-electron chi connectivity index (χ1n) is 6.24. The van der Waals surface area contributed by atoms with Crippen LogP contribution in [0, 0.1) is 11.3 Å². The molecule has 0 aromatic heterocycles. The van der Waals surface area contributed by atoms with Crippen LogP contribution in [0.25, 0.3) is 0 Å². The van der Waals surface area contributed by atoms with Crippen molar-refractivity contribution in [2.75, 3.05) is 13.1 Å². The average Bonchev–Trinajstić information content (AvgIpc) is 2.90. The monoisotopic (exact) mass is 296 g/mol. The second-order valence-corrected chi connectivity index (χ2v) is 5.48. The molecule has 1 saturated heterocycles. The fourth-order valence-electron chi connectivity index (χ4n) is 2.28. The first-order valence-corrected chi connectivity index (χ1v) is 6.99. The lowest BCUT2D eigenvalue weighted by atomic mass is 9.96. The highest BCUT2D eigenvalue weighted by atomic mass is 35.5. The third-order valence-corrected chi connectivity index (χ3v) is 3.89. The summed E-state index contributed by atoms with van der Waals surface area (Å²) in [5.41, 5.74) is 0.668. The number of hydrogen-bond donors (Lipinski definition) is 0. The number of hydrogen-bond acceptors (Lipinski definition) is 2. The fourth-order valence-corrected chi connectivity index (χ4v) is 2.82. The van der Waals surface area contributed by atoms with Gasteiger partial charge in [-0.25, -0.2) is 0 Å². The molecule has 0 saturated carbocycles. The number of likely N-dealkylation sites (tertiary alicyclic amines) is 1. The summed E-state index contributed by atoms with van der Waals surface area (Å²) in [4.78, 5) is 13.9. The third kappa shape index (κ3) is 3.40. The predicted molar refractivity (Wildman–Crippen MR) is 75.2 cm³/mol. The van der Waals surface area contributed by atoms with Crippen molar-refractivity contribution in [3.63, 3.8) is 0 Å². The second kappa shape index (κ2) is 6.27. The molecule has 1 unspecified atom stereocenters. The molecule has 1 atom stereocenters. The molecular weight excluding hydrogens is 283 g/mol. The molecule has 2 rings (SSSR count). The molecular formula is C14H14Cl2N2O. The van der Waals surface area contributed by atoms with Crippen LogP contribution < -0.4 is 0 Å². The highest BCUT2D eigenvalue weighted by molar-refractivity contribution is 6.35. The first-order chi connectivity index (χ1) is 9.11. The number of rotatable bonds is 3. The smallest absolute Gasteiger partial charge is 0.224 e. The van der Waals surface area contributed by atoms with Crippen molar-refractivity contribution in [3.8, 4) is 6.07 Å². The zero-order valence-electron chi connectivity index (χ0n) is 10.4. The van der Waals surface area contributed by atoms with Crippen LogP contribution >= 0.6 is 23.2 Å². The van der Waals surface area contributed by atoms with E-state index in [-0.39, 0.29) is 12.3 Å². The van der Waals surface area contributed by atoms with Crippen LogP contribution in [-0.4, -0.2) is 23.9 Å². The number of carbonyl (C=O) groups is 1. The van der Waals surface area contributed by atoms with Gasteiger partial charge in [-0.2, -0.15) is 5.26 Å². The van der Waals surface area contributed by atoms with Crippen LogP contribution in [0.1, 0.15) is 30.7 Å². The van der Waals surface area contributed by atoms with Gasteiger partial charge in [-0.3, -0.25) is 4.79 Å². The van der Waals surface area contributed by atoms with E-state index in [1.54, 1.807) is 18.2 Å². The van der Waals surface area contributed by atoms with Gasteiger partial charge in [0.05, 0.1) is 12.0 Å².